The van der Waals surface area contributed by atoms with Gasteiger partial charge in [0.15, 0.2) is 0 Å². The summed E-state index contributed by atoms with van der Waals surface area (Å²) in [6, 6.07) is 6.20. The van der Waals surface area contributed by atoms with Gasteiger partial charge in [0, 0.05) is 12.1 Å². The molecule has 1 rings (SSSR count). The molecule has 0 spiro atoms. The van der Waals surface area contributed by atoms with Crippen LogP contribution in [0.5, 0.6) is 5.75 Å². The van der Waals surface area contributed by atoms with E-state index in [0.29, 0.717) is 12.4 Å². The fourth-order valence-corrected chi connectivity index (χ4v) is 3.41. The van der Waals surface area contributed by atoms with Crippen molar-refractivity contribution in [2.45, 2.75) is 45.1 Å². The van der Waals surface area contributed by atoms with E-state index >= 15 is 0 Å². The van der Waals surface area contributed by atoms with Crippen molar-refractivity contribution in [3.63, 3.8) is 0 Å². The predicted molar refractivity (Wildman–Crippen MR) is 89.9 cm³/mol. The number of amides is 1. The molecule has 0 aliphatic carbocycles. The standard InChI is InChI=1S/C16H26N2O4S/c1-6-18(12-15(19)17-16(3,4)5)23(20,21)14-10-8-13(9-11-14)22-7-2/h8-11H,6-7,12H2,1-5H3,(H,17,19). The Morgan fingerprint density at radius 3 is 2.17 bits per heavy atom. The third kappa shape index (κ3) is 5.84. The van der Waals surface area contributed by atoms with Crippen LogP contribution in [-0.4, -0.2) is 43.9 Å². The van der Waals surface area contributed by atoms with Crippen molar-refractivity contribution in [3.05, 3.63) is 24.3 Å². The van der Waals surface area contributed by atoms with E-state index in [4.69, 9.17) is 4.74 Å². The van der Waals surface area contributed by atoms with Crippen molar-refractivity contribution in [3.8, 4) is 5.75 Å². The van der Waals surface area contributed by atoms with Crippen molar-refractivity contribution < 1.29 is 17.9 Å². The van der Waals surface area contributed by atoms with Gasteiger partial charge in [-0.1, -0.05) is 6.92 Å². The minimum absolute atomic E-state index is 0.145. The minimum Gasteiger partial charge on any atom is -0.494 e. The molecule has 0 fully saturated rings. The molecule has 0 aliphatic rings. The van der Waals surface area contributed by atoms with Gasteiger partial charge in [-0.3, -0.25) is 4.79 Å². The topological polar surface area (TPSA) is 75.7 Å². The third-order valence-electron chi connectivity index (χ3n) is 2.96. The van der Waals surface area contributed by atoms with Crippen molar-refractivity contribution in [1.82, 2.24) is 9.62 Å². The van der Waals surface area contributed by atoms with E-state index in [1.807, 2.05) is 27.7 Å². The molecule has 1 amide bonds. The fraction of sp³-hybridized carbons (Fsp3) is 0.562. The van der Waals surface area contributed by atoms with Crippen LogP contribution in [0.15, 0.2) is 29.2 Å². The van der Waals surface area contributed by atoms with Gasteiger partial charge in [0.05, 0.1) is 18.0 Å². The van der Waals surface area contributed by atoms with Crippen LogP contribution in [0.2, 0.25) is 0 Å². The number of nitrogens with one attached hydrogen (secondary N) is 1. The summed E-state index contributed by atoms with van der Waals surface area (Å²) in [5.74, 6) is 0.286. The Labute approximate surface area is 138 Å². The van der Waals surface area contributed by atoms with Gasteiger partial charge in [0.25, 0.3) is 0 Å². The Morgan fingerprint density at radius 2 is 1.74 bits per heavy atom. The van der Waals surface area contributed by atoms with E-state index in [0.717, 1.165) is 4.31 Å². The van der Waals surface area contributed by atoms with Gasteiger partial charge in [-0.25, -0.2) is 8.42 Å². The number of carbonyl (C=O) groups is 1. The number of sulfonamides is 1. The lowest BCUT2D eigenvalue weighted by atomic mass is 10.1. The highest BCUT2D eigenvalue weighted by Gasteiger charge is 2.26. The largest absolute Gasteiger partial charge is 0.494 e. The summed E-state index contributed by atoms with van der Waals surface area (Å²) < 4.78 is 31.7. The van der Waals surface area contributed by atoms with Gasteiger partial charge in [0.1, 0.15) is 5.75 Å². The average Bonchev–Trinajstić information content (AvgIpc) is 2.43. The maximum Gasteiger partial charge on any atom is 0.243 e. The monoisotopic (exact) mass is 342 g/mol. The Balaban J connectivity index is 2.92. The minimum atomic E-state index is -3.72. The van der Waals surface area contributed by atoms with E-state index in [9.17, 15) is 13.2 Å². The molecule has 0 bridgehead atoms. The van der Waals surface area contributed by atoms with Gasteiger partial charge >= 0.3 is 0 Å². The summed E-state index contributed by atoms with van der Waals surface area (Å²) in [7, 11) is -3.72. The molecule has 0 heterocycles. The quantitative estimate of drug-likeness (QED) is 0.822. The van der Waals surface area contributed by atoms with Gasteiger partial charge in [-0.15, -0.1) is 0 Å². The lowest BCUT2D eigenvalue weighted by Gasteiger charge is -2.24. The first kappa shape index (κ1) is 19.4. The molecule has 0 unspecified atom stereocenters. The fourth-order valence-electron chi connectivity index (χ4n) is 2.01. The van der Waals surface area contributed by atoms with Crippen LogP contribution in [0.3, 0.4) is 0 Å². The number of benzene rings is 1. The number of likely N-dealkylation sites (N-methyl/N-ethyl adjacent to an activating group) is 1. The summed E-state index contributed by atoms with van der Waals surface area (Å²) in [5, 5.41) is 2.77. The number of rotatable bonds is 7. The molecule has 1 N–H and O–H groups in total. The summed E-state index contributed by atoms with van der Waals surface area (Å²) in [5.41, 5.74) is -0.403. The molecular formula is C16H26N2O4S. The SMILES string of the molecule is CCOc1ccc(S(=O)(=O)N(CC)CC(=O)NC(C)(C)C)cc1. The molecule has 1 aromatic rings. The van der Waals surface area contributed by atoms with Crippen LogP contribution >= 0.6 is 0 Å². The highest BCUT2D eigenvalue weighted by atomic mass is 32.2. The maximum absolute atomic E-state index is 12.6. The number of ether oxygens (including phenoxy) is 1. The molecule has 0 atom stereocenters. The second kappa shape index (κ2) is 7.79. The van der Waals surface area contributed by atoms with E-state index in [1.165, 1.54) is 12.1 Å². The Kier molecular flexibility index (Phi) is 6.58. The normalized spacial score (nSPS) is 12.3. The first-order valence-corrected chi connectivity index (χ1v) is 9.08. The lowest BCUT2D eigenvalue weighted by molar-refractivity contribution is -0.122. The zero-order valence-electron chi connectivity index (χ0n) is 14.4. The molecule has 0 saturated heterocycles. The summed E-state index contributed by atoms with van der Waals surface area (Å²) >= 11 is 0. The molecule has 7 heteroatoms. The summed E-state index contributed by atoms with van der Waals surface area (Å²) in [6.07, 6.45) is 0. The molecule has 6 nitrogen and oxygen atoms in total. The Morgan fingerprint density at radius 1 is 1.17 bits per heavy atom. The Hall–Kier alpha value is -1.60. The van der Waals surface area contributed by atoms with E-state index in [-0.39, 0.29) is 23.9 Å². The molecule has 1 aromatic carbocycles. The van der Waals surface area contributed by atoms with Gasteiger partial charge in [-0.2, -0.15) is 4.31 Å². The van der Waals surface area contributed by atoms with Gasteiger partial charge in [0.2, 0.25) is 15.9 Å². The number of hydrogen-bond acceptors (Lipinski definition) is 4. The highest BCUT2D eigenvalue weighted by molar-refractivity contribution is 7.89. The molecule has 0 saturated carbocycles. The van der Waals surface area contributed by atoms with E-state index < -0.39 is 15.6 Å². The van der Waals surface area contributed by atoms with Crippen LogP contribution < -0.4 is 10.1 Å². The smallest absolute Gasteiger partial charge is 0.243 e. The van der Waals surface area contributed by atoms with E-state index in [2.05, 4.69) is 5.32 Å². The first-order valence-electron chi connectivity index (χ1n) is 7.64. The Bertz CT molecular complexity index is 618. The zero-order chi connectivity index (χ0) is 17.7. The molecule has 0 aromatic heterocycles. The molecule has 0 radical (unpaired) electrons. The highest BCUT2D eigenvalue weighted by Crippen LogP contribution is 2.19. The van der Waals surface area contributed by atoms with Crippen LogP contribution in [-0.2, 0) is 14.8 Å². The van der Waals surface area contributed by atoms with Crippen molar-refractivity contribution >= 4 is 15.9 Å². The molecule has 23 heavy (non-hydrogen) atoms. The zero-order valence-corrected chi connectivity index (χ0v) is 15.2. The second-order valence-electron chi connectivity index (χ2n) is 6.13. The van der Waals surface area contributed by atoms with Crippen molar-refractivity contribution in [2.24, 2.45) is 0 Å². The van der Waals surface area contributed by atoms with Crippen LogP contribution in [0, 0.1) is 0 Å². The first-order chi connectivity index (χ1) is 10.6. The molecule has 130 valence electrons. The molecular weight excluding hydrogens is 316 g/mol. The van der Waals surface area contributed by atoms with Gasteiger partial charge in [-0.05, 0) is 52.0 Å². The average molecular weight is 342 g/mol. The van der Waals surface area contributed by atoms with Crippen molar-refractivity contribution in [1.29, 1.82) is 0 Å². The van der Waals surface area contributed by atoms with Crippen molar-refractivity contribution in [2.75, 3.05) is 19.7 Å². The molecule has 0 aliphatic heterocycles. The van der Waals surface area contributed by atoms with Crippen LogP contribution in [0.25, 0.3) is 0 Å². The number of carbonyl (C=O) groups excluding carboxylic acids is 1. The second-order valence-corrected chi connectivity index (χ2v) is 8.07. The predicted octanol–water partition coefficient (Wildman–Crippen LogP) is 2.01. The van der Waals surface area contributed by atoms with Gasteiger partial charge < -0.3 is 10.1 Å². The van der Waals surface area contributed by atoms with E-state index in [1.54, 1.807) is 19.1 Å². The van der Waals surface area contributed by atoms with Crippen LogP contribution in [0.4, 0.5) is 0 Å². The third-order valence-corrected chi connectivity index (χ3v) is 4.89. The maximum atomic E-state index is 12.6. The summed E-state index contributed by atoms with van der Waals surface area (Å²) in [6.45, 7) is 9.64. The lowest BCUT2D eigenvalue weighted by Crippen LogP contribution is -2.47. The summed E-state index contributed by atoms with van der Waals surface area (Å²) in [4.78, 5) is 12.2. The van der Waals surface area contributed by atoms with Crippen LogP contribution in [0.1, 0.15) is 34.6 Å². The number of hydrogen-bond donors (Lipinski definition) is 1. The number of nitrogens with zero attached hydrogens (tertiary/aromatic N) is 1.